The maximum atomic E-state index is 12.5. The zero-order valence-corrected chi connectivity index (χ0v) is 15.5. The highest BCUT2D eigenvalue weighted by Crippen LogP contribution is 2.34. The molecule has 1 aliphatic rings. The summed E-state index contributed by atoms with van der Waals surface area (Å²) in [6.45, 7) is 0.205. The van der Waals surface area contributed by atoms with Crippen LogP contribution in [0.3, 0.4) is 0 Å². The van der Waals surface area contributed by atoms with E-state index in [1.54, 1.807) is 24.4 Å². The molecule has 3 heterocycles. The standard InChI is InChI=1S/C22H18N4O3/c27-21(24-15-8-9-18-19(13-15)29-14-28-18)11-10-20-25-17-7-4-12-23-22(17)26(20)16-5-2-1-3-6-16/h1-9,12-13H,10-11,14H2,(H,24,27). The van der Waals surface area contributed by atoms with Crippen LogP contribution in [0.1, 0.15) is 12.2 Å². The number of benzene rings is 2. The Morgan fingerprint density at radius 3 is 2.79 bits per heavy atom. The monoisotopic (exact) mass is 386 g/mol. The first-order valence-corrected chi connectivity index (χ1v) is 9.35. The smallest absolute Gasteiger partial charge is 0.231 e. The number of nitrogens with zero attached hydrogens (tertiary/aromatic N) is 3. The van der Waals surface area contributed by atoms with Gasteiger partial charge < -0.3 is 14.8 Å². The van der Waals surface area contributed by atoms with Crippen LogP contribution in [0.2, 0.25) is 0 Å². The average molecular weight is 386 g/mol. The summed E-state index contributed by atoms with van der Waals surface area (Å²) in [4.78, 5) is 21.7. The summed E-state index contributed by atoms with van der Waals surface area (Å²) in [5, 5.41) is 2.91. The SMILES string of the molecule is O=C(CCc1nc2cccnc2n1-c1ccccc1)Nc1ccc2c(c1)OCO2. The van der Waals surface area contributed by atoms with Gasteiger partial charge in [-0.05, 0) is 36.4 Å². The van der Waals surface area contributed by atoms with Crippen molar-refractivity contribution in [2.75, 3.05) is 12.1 Å². The summed E-state index contributed by atoms with van der Waals surface area (Å²) >= 11 is 0. The van der Waals surface area contributed by atoms with Crippen LogP contribution in [0.5, 0.6) is 11.5 Å². The molecule has 0 saturated carbocycles. The van der Waals surface area contributed by atoms with Gasteiger partial charge in [-0.2, -0.15) is 0 Å². The van der Waals surface area contributed by atoms with E-state index in [0.29, 0.717) is 30.0 Å². The maximum absolute atomic E-state index is 12.5. The third-order valence-corrected chi connectivity index (χ3v) is 4.73. The highest BCUT2D eigenvalue weighted by Gasteiger charge is 2.16. The number of pyridine rings is 1. The minimum atomic E-state index is -0.0940. The van der Waals surface area contributed by atoms with Gasteiger partial charge in [0.05, 0.1) is 0 Å². The lowest BCUT2D eigenvalue weighted by Gasteiger charge is -2.09. The number of fused-ring (bicyclic) bond motifs is 2. The molecule has 2 aromatic carbocycles. The first kappa shape index (κ1) is 17.2. The van der Waals surface area contributed by atoms with Crippen LogP contribution < -0.4 is 14.8 Å². The number of carbonyl (C=O) groups excluding carboxylic acids is 1. The number of imidazole rings is 1. The van der Waals surface area contributed by atoms with Gasteiger partial charge in [-0.15, -0.1) is 0 Å². The summed E-state index contributed by atoms with van der Waals surface area (Å²) in [5.41, 5.74) is 3.24. The van der Waals surface area contributed by atoms with Crippen molar-refractivity contribution in [1.82, 2.24) is 14.5 Å². The Kier molecular flexibility index (Phi) is 4.32. The Hall–Kier alpha value is -3.87. The molecular weight excluding hydrogens is 368 g/mol. The van der Waals surface area contributed by atoms with E-state index in [4.69, 9.17) is 14.5 Å². The lowest BCUT2D eigenvalue weighted by atomic mass is 10.2. The number of aromatic nitrogens is 3. The number of carbonyl (C=O) groups is 1. The van der Waals surface area contributed by atoms with Crippen molar-refractivity contribution in [3.8, 4) is 17.2 Å². The van der Waals surface area contributed by atoms with Crippen molar-refractivity contribution in [1.29, 1.82) is 0 Å². The first-order valence-electron chi connectivity index (χ1n) is 9.35. The number of hydrogen-bond acceptors (Lipinski definition) is 5. The van der Waals surface area contributed by atoms with Gasteiger partial charge in [0.15, 0.2) is 17.1 Å². The summed E-state index contributed by atoms with van der Waals surface area (Å²) in [6, 6.07) is 19.1. The number of para-hydroxylation sites is 1. The third-order valence-electron chi connectivity index (χ3n) is 4.73. The van der Waals surface area contributed by atoms with Crippen LogP contribution in [-0.4, -0.2) is 27.2 Å². The van der Waals surface area contributed by atoms with Crippen LogP contribution in [-0.2, 0) is 11.2 Å². The normalized spacial score (nSPS) is 12.3. The van der Waals surface area contributed by atoms with E-state index in [0.717, 1.165) is 22.7 Å². The molecule has 0 spiro atoms. The molecule has 0 radical (unpaired) electrons. The summed E-state index contributed by atoms with van der Waals surface area (Å²) in [7, 11) is 0. The molecule has 0 unspecified atom stereocenters. The topological polar surface area (TPSA) is 78.3 Å². The Balaban J connectivity index is 1.36. The maximum Gasteiger partial charge on any atom is 0.231 e. The van der Waals surface area contributed by atoms with Crippen LogP contribution >= 0.6 is 0 Å². The summed E-state index contributed by atoms with van der Waals surface area (Å²) in [6.07, 6.45) is 2.53. The number of amides is 1. The van der Waals surface area contributed by atoms with Gasteiger partial charge in [-0.3, -0.25) is 9.36 Å². The Labute approximate surface area is 166 Å². The van der Waals surface area contributed by atoms with E-state index < -0.39 is 0 Å². The molecule has 7 nitrogen and oxygen atoms in total. The van der Waals surface area contributed by atoms with Crippen molar-refractivity contribution in [3.63, 3.8) is 0 Å². The lowest BCUT2D eigenvalue weighted by molar-refractivity contribution is -0.116. The largest absolute Gasteiger partial charge is 0.454 e. The fraction of sp³-hybridized carbons (Fsp3) is 0.136. The molecule has 0 atom stereocenters. The highest BCUT2D eigenvalue weighted by molar-refractivity contribution is 5.91. The quantitative estimate of drug-likeness (QED) is 0.566. The van der Waals surface area contributed by atoms with Gasteiger partial charge in [-0.1, -0.05) is 18.2 Å². The van der Waals surface area contributed by atoms with E-state index in [2.05, 4.69) is 10.3 Å². The van der Waals surface area contributed by atoms with Crippen molar-refractivity contribution in [2.24, 2.45) is 0 Å². The van der Waals surface area contributed by atoms with Gasteiger partial charge in [-0.25, -0.2) is 9.97 Å². The summed E-state index contributed by atoms with van der Waals surface area (Å²) in [5.74, 6) is 2.03. The van der Waals surface area contributed by atoms with Crippen LogP contribution in [0.15, 0.2) is 66.9 Å². The predicted octanol–water partition coefficient (Wildman–Crippen LogP) is 3.72. The van der Waals surface area contributed by atoms with E-state index in [9.17, 15) is 4.79 Å². The molecule has 1 N–H and O–H groups in total. The second-order valence-corrected chi connectivity index (χ2v) is 6.66. The molecule has 5 rings (SSSR count). The zero-order chi connectivity index (χ0) is 19.6. The van der Waals surface area contributed by atoms with Crippen LogP contribution in [0, 0.1) is 0 Å². The minimum Gasteiger partial charge on any atom is -0.454 e. The van der Waals surface area contributed by atoms with Gasteiger partial charge in [0.2, 0.25) is 12.7 Å². The number of ether oxygens (including phenoxy) is 2. The Morgan fingerprint density at radius 2 is 1.90 bits per heavy atom. The summed E-state index contributed by atoms with van der Waals surface area (Å²) < 4.78 is 12.7. The van der Waals surface area contributed by atoms with Crippen LogP contribution in [0.25, 0.3) is 16.9 Å². The van der Waals surface area contributed by atoms with Gasteiger partial charge >= 0.3 is 0 Å². The number of anilines is 1. The molecule has 4 aromatic rings. The zero-order valence-electron chi connectivity index (χ0n) is 15.5. The minimum absolute atomic E-state index is 0.0940. The molecule has 0 saturated heterocycles. The lowest BCUT2D eigenvalue weighted by Crippen LogP contribution is -2.14. The van der Waals surface area contributed by atoms with Gasteiger partial charge in [0.1, 0.15) is 11.3 Å². The Bertz CT molecular complexity index is 1190. The van der Waals surface area contributed by atoms with E-state index in [1.807, 2.05) is 47.0 Å². The number of hydrogen-bond donors (Lipinski definition) is 1. The molecule has 2 aromatic heterocycles. The molecule has 0 bridgehead atoms. The molecule has 7 heteroatoms. The molecule has 144 valence electrons. The number of nitrogens with one attached hydrogen (secondary N) is 1. The van der Waals surface area contributed by atoms with E-state index in [-0.39, 0.29) is 12.7 Å². The third kappa shape index (κ3) is 3.38. The van der Waals surface area contributed by atoms with Crippen molar-refractivity contribution < 1.29 is 14.3 Å². The number of rotatable bonds is 5. The van der Waals surface area contributed by atoms with Crippen LogP contribution in [0.4, 0.5) is 5.69 Å². The van der Waals surface area contributed by atoms with Gasteiger partial charge in [0, 0.05) is 36.5 Å². The molecular formula is C22H18N4O3. The average Bonchev–Trinajstić information content (AvgIpc) is 3.36. The fourth-order valence-electron chi connectivity index (χ4n) is 3.40. The second-order valence-electron chi connectivity index (χ2n) is 6.66. The molecule has 0 fully saturated rings. The van der Waals surface area contributed by atoms with Gasteiger partial charge in [0.25, 0.3) is 0 Å². The highest BCUT2D eigenvalue weighted by atomic mass is 16.7. The van der Waals surface area contributed by atoms with Crippen molar-refractivity contribution in [3.05, 3.63) is 72.7 Å². The molecule has 0 aliphatic carbocycles. The predicted molar refractivity (Wildman–Crippen MR) is 108 cm³/mol. The molecule has 1 amide bonds. The molecule has 29 heavy (non-hydrogen) atoms. The fourth-order valence-corrected chi connectivity index (χ4v) is 3.40. The van der Waals surface area contributed by atoms with E-state index >= 15 is 0 Å². The van der Waals surface area contributed by atoms with E-state index in [1.165, 1.54) is 0 Å². The van der Waals surface area contributed by atoms with Crippen molar-refractivity contribution >= 4 is 22.8 Å². The van der Waals surface area contributed by atoms with Crippen molar-refractivity contribution in [2.45, 2.75) is 12.8 Å². The molecule has 1 aliphatic heterocycles. The Morgan fingerprint density at radius 1 is 1.03 bits per heavy atom. The second kappa shape index (κ2) is 7.27. The first-order chi connectivity index (χ1) is 14.3. The number of aryl methyl sites for hydroxylation is 1.